The van der Waals surface area contributed by atoms with Gasteiger partial charge in [-0.2, -0.15) is 5.10 Å². The maximum absolute atomic E-state index is 13.1. The molecule has 1 aliphatic heterocycles. The van der Waals surface area contributed by atoms with Gasteiger partial charge in [-0.25, -0.2) is 4.98 Å². The zero-order valence-corrected chi connectivity index (χ0v) is 12.8. The Kier molecular flexibility index (Phi) is 2.46. The van der Waals surface area contributed by atoms with E-state index < -0.39 is 0 Å². The Balaban J connectivity index is 1.65. The second-order valence-corrected chi connectivity index (χ2v) is 6.39. The molecule has 114 valence electrons. The Bertz CT molecular complexity index is 936. The molecule has 0 fully saturated rings. The molecule has 0 amide bonds. The van der Waals surface area contributed by atoms with Crippen LogP contribution in [0.15, 0.2) is 43.0 Å². The molecule has 0 radical (unpaired) electrons. The van der Waals surface area contributed by atoms with Gasteiger partial charge in [-0.1, -0.05) is 24.3 Å². The van der Waals surface area contributed by atoms with Crippen LogP contribution in [0, 0.1) is 5.92 Å². The third kappa shape index (κ3) is 1.64. The number of imidazole rings is 1. The fourth-order valence-electron chi connectivity index (χ4n) is 4.13. The summed E-state index contributed by atoms with van der Waals surface area (Å²) in [6.07, 6.45) is 7.29. The Labute approximate surface area is 133 Å². The number of aromatic nitrogens is 4. The van der Waals surface area contributed by atoms with E-state index >= 15 is 0 Å². The van der Waals surface area contributed by atoms with Crippen LogP contribution in [0.3, 0.4) is 0 Å². The average Bonchev–Trinajstić information content (AvgIpc) is 3.22. The van der Waals surface area contributed by atoms with E-state index in [1.165, 1.54) is 11.1 Å². The number of ketones is 1. The van der Waals surface area contributed by atoms with E-state index in [4.69, 9.17) is 0 Å². The quantitative estimate of drug-likeness (QED) is 0.694. The lowest BCUT2D eigenvalue weighted by molar-refractivity contribution is 0.0871. The van der Waals surface area contributed by atoms with Gasteiger partial charge in [0, 0.05) is 24.7 Å². The first kappa shape index (κ1) is 12.8. The summed E-state index contributed by atoms with van der Waals surface area (Å²) in [6.45, 7) is 0. The van der Waals surface area contributed by atoms with Gasteiger partial charge >= 0.3 is 0 Å². The molecule has 5 rings (SSSR count). The van der Waals surface area contributed by atoms with E-state index in [1.54, 1.807) is 4.68 Å². The van der Waals surface area contributed by atoms with E-state index in [0.717, 1.165) is 29.8 Å². The molecule has 0 saturated heterocycles. The molecule has 2 aromatic heterocycles. The first-order valence-corrected chi connectivity index (χ1v) is 7.92. The van der Waals surface area contributed by atoms with Gasteiger partial charge in [0.15, 0.2) is 5.78 Å². The molecule has 1 aromatic carbocycles. The first-order valence-electron chi connectivity index (χ1n) is 7.92. The van der Waals surface area contributed by atoms with Gasteiger partial charge in [0.25, 0.3) is 0 Å². The Morgan fingerprint density at radius 1 is 1.22 bits per heavy atom. The molecule has 0 bridgehead atoms. The lowest BCUT2D eigenvalue weighted by Gasteiger charge is -2.27. The maximum atomic E-state index is 13.1. The lowest BCUT2D eigenvalue weighted by Crippen LogP contribution is -2.29. The van der Waals surface area contributed by atoms with Crippen LogP contribution in [0.1, 0.15) is 34.1 Å². The Hall–Kier alpha value is -2.69. The highest BCUT2D eigenvalue weighted by atomic mass is 16.1. The second-order valence-electron chi connectivity index (χ2n) is 6.39. The number of nitrogens with zero attached hydrogens (tertiary/aromatic N) is 4. The van der Waals surface area contributed by atoms with Gasteiger partial charge in [0.2, 0.25) is 0 Å². The summed E-state index contributed by atoms with van der Waals surface area (Å²) >= 11 is 0. The van der Waals surface area contributed by atoms with Crippen molar-refractivity contribution in [2.24, 2.45) is 13.0 Å². The molecular formula is C18H16N4O. The highest BCUT2D eigenvalue weighted by Gasteiger charge is 2.41. The van der Waals surface area contributed by atoms with E-state index in [9.17, 15) is 4.79 Å². The summed E-state index contributed by atoms with van der Waals surface area (Å²) in [5.74, 6) is 0.156. The van der Waals surface area contributed by atoms with E-state index in [2.05, 4.69) is 32.8 Å². The number of carbonyl (C=O) groups excluding carboxylic acids is 1. The summed E-state index contributed by atoms with van der Waals surface area (Å²) in [6, 6.07) is 8.39. The van der Waals surface area contributed by atoms with Crippen LogP contribution >= 0.6 is 0 Å². The summed E-state index contributed by atoms with van der Waals surface area (Å²) in [5, 5.41) is 4.42. The summed E-state index contributed by atoms with van der Waals surface area (Å²) < 4.78 is 3.91. The van der Waals surface area contributed by atoms with Crippen molar-refractivity contribution in [3.63, 3.8) is 0 Å². The SMILES string of the molecule is Cn1cc2c(n1)CC[C@@H]([C@H]1c3ccccc3-c3cncn31)C2=O. The van der Waals surface area contributed by atoms with Crippen LogP contribution in [0.4, 0.5) is 0 Å². The third-order valence-corrected chi connectivity index (χ3v) is 5.10. The van der Waals surface area contributed by atoms with Gasteiger partial charge in [0.05, 0.1) is 35.5 Å². The fraction of sp³-hybridized carbons (Fsp3) is 0.278. The van der Waals surface area contributed by atoms with Crippen LogP contribution in [-0.4, -0.2) is 25.1 Å². The number of rotatable bonds is 1. The summed E-state index contributed by atoms with van der Waals surface area (Å²) in [7, 11) is 1.87. The molecule has 0 spiro atoms. The van der Waals surface area contributed by atoms with Gasteiger partial charge in [-0.15, -0.1) is 0 Å². The van der Waals surface area contributed by atoms with E-state index in [1.807, 2.05) is 31.8 Å². The van der Waals surface area contributed by atoms with E-state index in [0.29, 0.717) is 0 Å². The molecule has 5 nitrogen and oxygen atoms in total. The van der Waals surface area contributed by atoms with Crippen molar-refractivity contribution in [3.8, 4) is 11.3 Å². The Morgan fingerprint density at radius 2 is 2.09 bits per heavy atom. The number of Topliss-reactive ketones (excluding diaryl/α,β-unsaturated/α-hetero) is 1. The maximum Gasteiger partial charge on any atom is 0.171 e. The number of aryl methyl sites for hydroxylation is 2. The van der Waals surface area contributed by atoms with Crippen LogP contribution in [-0.2, 0) is 13.5 Å². The van der Waals surface area contributed by atoms with Crippen molar-refractivity contribution in [1.29, 1.82) is 0 Å². The van der Waals surface area contributed by atoms with Gasteiger partial charge in [0.1, 0.15) is 0 Å². The second kappa shape index (κ2) is 4.41. The predicted octanol–water partition coefficient (Wildman–Crippen LogP) is 2.63. The molecule has 0 unspecified atom stereocenters. The molecule has 3 aromatic rings. The third-order valence-electron chi connectivity index (χ3n) is 5.10. The summed E-state index contributed by atoms with van der Waals surface area (Å²) in [4.78, 5) is 17.4. The highest BCUT2D eigenvalue weighted by Crippen LogP contribution is 2.46. The minimum absolute atomic E-state index is 0.0459. The van der Waals surface area contributed by atoms with Crippen molar-refractivity contribution >= 4 is 5.78 Å². The number of hydrogen-bond acceptors (Lipinski definition) is 3. The van der Waals surface area contributed by atoms with Crippen molar-refractivity contribution in [1.82, 2.24) is 19.3 Å². The molecule has 5 heteroatoms. The topological polar surface area (TPSA) is 52.7 Å². The van der Waals surface area contributed by atoms with Gasteiger partial charge in [-0.05, 0) is 18.4 Å². The van der Waals surface area contributed by atoms with Crippen LogP contribution < -0.4 is 0 Å². The average molecular weight is 304 g/mol. The number of fused-ring (bicyclic) bond motifs is 4. The summed E-state index contributed by atoms with van der Waals surface area (Å²) in [5.41, 5.74) is 5.26. The molecule has 3 heterocycles. The zero-order valence-electron chi connectivity index (χ0n) is 12.8. The monoisotopic (exact) mass is 304 g/mol. The fourth-order valence-corrected chi connectivity index (χ4v) is 4.13. The molecule has 0 saturated carbocycles. The van der Waals surface area contributed by atoms with Crippen molar-refractivity contribution in [2.75, 3.05) is 0 Å². The molecule has 2 atom stereocenters. The van der Waals surface area contributed by atoms with Crippen LogP contribution in [0.25, 0.3) is 11.3 Å². The van der Waals surface area contributed by atoms with Crippen molar-refractivity contribution in [2.45, 2.75) is 18.9 Å². The number of carbonyl (C=O) groups is 1. The van der Waals surface area contributed by atoms with Crippen molar-refractivity contribution in [3.05, 3.63) is 59.8 Å². The first-order chi connectivity index (χ1) is 11.2. The highest BCUT2D eigenvalue weighted by molar-refractivity contribution is 6.00. The molecule has 23 heavy (non-hydrogen) atoms. The molecule has 0 N–H and O–H groups in total. The largest absolute Gasteiger partial charge is 0.322 e. The Morgan fingerprint density at radius 3 is 3.00 bits per heavy atom. The minimum Gasteiger partial charge on any atom is -0.322 e. The van der Waals surface area contributed by atoms with Crippen LogP contribution in [0.5, 0.6) is 0 Å². The van der Waals surface area contributed by atoms with E-state index in [-0.39, 0.29) is 17.7 Å². The number of benzene rings is 1. The lowest BCUT2D eigenvalue weighted by atomic mass is 9.79. The number of hydrogen-bond donors (Lipinski definition) is 0. The zero-order chi connectivity index (χ0) is 15.6. The van der Waals surface area contributed by atoms with Gasteiger partial charge in [-0.3, -0.25) is 9.48 Å². The van der Waals surface area contributed by atoms with Crippen LogP contribution in [0.2, 0.25) is 0 Å². The smallest absolute Gasteiger partial charge is 0.171 e. The molecule has 1 aliphatic carbocycles. The standard InChI is InChI=1S/C18H16N4O/c1-21-9-14-15(20-21)7-6-13(18(14)23)17-12-5-3-2-4-11(12)16-8-19-10-22(16)17/h2-5,8-10,13,17H,6-7H2,1H3/t13-,17+/m0/s1. The van der Waals surface area contributed by atoms with Crippen molar-refractivity contribution < 1.29 is 4.79 Å². The van der Waals surface area contributed by atoms with Gasteiger partial charge < -0.3 is 4.57 Å². The normalized spacial score (nSPS) is 21.9. The minimum atomic E-state index is -0.0525. The molecule has 2 aliphatic rings. The predicted molar refractivity (Wildman–Crippen MR) is 85.2 cm³/mol. The molecular weight excluding hydrogens is 288 g/mol.